The lowest BCUT2D eigenvalue weighted by Gasteiger charge is -2.19. The number of ketones is 1. The molecule has 7 nitrogen and oxygen atoms in total. The average Bonchev–Trinajstić information content (AvgIpc) is 2.98. The lowest BCUT2D eigenvalue weighted by molar-refractivity contribution is -0.118. The molecule has 8 heteroatoms. The van der Waals surface area contributed by atoms with Crippen LogP contribution in [-0.4, -0.2) is 29.3 Å². The third kappa shape index (κ3) is 7.34. The van der Waals surface area contributed by atoms with E-state index in [1.165, 1.54) is 18.2 Å². The Bertz CT molecular complexity index is 1550. The second kappa shape index (κ2) is 13.1. The molecule has 0 aliphatic rings. The lowest BCUT2D eigenvalue weighted by atomic mass is 10.0. The van der Waals surface area contributed by atoms with E-state index in [2.05, 4.69) is 26.2 Å². The molecule has 1 amide bonds. The molecule has 4 aromatic rings. The summed E-state index contributed by atoms with van der Waals surface area (Å²) in [6.07, 6.45) is 1.38. The van der Waals surface area contributed by atoms with Gasteiger partial charge in [0.2, 0.25) is 0 Å². The monoisotopic (exact) mass is 579 g/mol. The molecule has 0 saturated heterocycles. The number of ether oxygens (including phenoxy) is 1. The largest absolute Gasteiger partial charge is 0.460 e. The number of carbonyl (C=O) groups is 3. The number of benzene rings is 3. The normalized spacial score (nSPS) is 11.6. The number of hydrogen-bond donors (Lipinski definition) is 1. The second-order valence-corrected chi connectivity index (χ2v) is 9.18. The van der Waals surface area contributed by atoms with Gasteiger partial charge in [-0.3, -0.25) is 9.59 Å². The molecule has 1 unspecified atom stereocenters. The summed E-state index contributed by atoms with van der Waals surface area (Å²) in [5, 5.41) is 12.4. The van der Waals surface area contributed by atoms with E-state index in [0.717, 1.165) is 0 Å². The number of nitrogens with zero attached hydrogens (tertiary/aromatic N) is 2. The fraction of sp³-hybridized carbons (Fsp3) is 0.0645. The van der Waals surface area contributed by atoms with Crippen LogP contribution in [0.2, 0.25) is 0 Å². The summed E-state index contributed by atoms with van der Waals surface area (Å²) in [6.45, 7) is -0.173. The van der Waals surface area contributed by atoms with Crippen molar-refractivity contribution < 1.29 is 19.1 Å². The third-order valence-corrected chi connectivity index (χ3v) is 6.14. The van der Waals surface area contributed by atoms with Gasteiger partial charge in [0.05, 0.1) is 17.3 Å². The topological polar surface area (TPSA) is 109 Å². The van der Waals surface area contributed by atoms with Gasteiger partial charge in [-0.15, -0.1) is 0 Å². The first-order valence-corrected chi connectivity index (χ1v) is 12.7. The summed E-state index contributed by atoms with van der Waals surface area (Å²) in [5.74, 6) is -1.40. The van der Waals surface area contributed by atoms with Crippen LogP contribution in [0.25, 0.3) is 6.08 Å². The van der Waals surface area contributed by atoms with Crippen molar-refractivity contribution in [3.63, 3.8) is 0 Å². The molecular weight excluding hydrogens is 558 g/mol. The van der Waals surface area contributed by atoms with Crippen LogP contribution in [0.5, 0.6) is 0 Å². The van der Waals surface area contributed by atoms with E-state index in [1.54, 1.807) is 78.9 Å². The van der Waals surface area contributed by atoms with Crippen LogP contribution in [0.4, 0.5) is 0 Å². The van der Waals surface area contributed by atoms with Crippen LogP contribution in [-0.2, 0) is 9.53 Å². The molecule has 3 aromatic carbocycles. The van der Waals surface area contributed by atoms with Crippen molar-refractivity contribution in [2.24, 2.45) is 0 Å². The quantitative estimate of drug-likeness (QED) is 0.0895. The maximum atomic E-state index is 13.0. The molecule has 0 aliphatic carbocycles. The van der Waals surface area contributed by atoms with Gasteiger partial charge < -0.3 is 10.1 Å². The number of hydrogen-bond acceptors (Lipinski definition) is 6. The molecule has 1 atom stereocenters. The van der Waals surface area contributed by atoms with Crippen molar-refractivity contribution in [1.29, 1.82) is 5.26 Å². The van der Waals surface area contributed by atoms with Gasteiger partial charge in [0.15, 0.2) is 5.78 Å². The molecule has 0 bridgehead atoms. The van der Waals surface area contributed by atoms with E-state index in [4.69, 9.17) is 4.74 Å². The van der Waals surface area contributed by atoms with Crippen LogP contribution in [0.3, 0.4) is 0 Å². The smallest absolute Gasteiger partial charge is 0.338 e. The first-order chi connectivity index (χ1) is 18.9. The van der Waals surface area contributed by atoms with Crippen molar-refractivity contribution in [1.82, 2.24) is 10.3 Å². The molecule has 0 radical (unpaired) electrons. The number of esters is 1. The first kappa shape index (κ1) is 27.2. The minimum atomic E-state index is -0.714. The maximum absolute atomic E-state index is 13.0. The first-order valence-electron chi connectivity index (χ1n) is 11.9. The molecule has 0 spiro atoms. The summed E-state index contributed by atoms with van der Waals surface area (Å²) in [5.41, 5.74) is 2.24. The van der Waals surface area contributed by atoms with E-state index < -0.39 is 17.9 Å². The van der Waals surface area contributed by atoms with Crippen molar-refractivity contribution in [3.05, 3.63) is 141 Å². The molecule has 1 heterocycles. The van der Waals surface area contributed by atoms with Gasteiger partial charge in [-0.25, -0.2) is 9.78 Å². The van der Waals surface area contributed by atoms with Crippen molar-refractivity contribution in [2.45, 2.75) is 6.04 Å². The Morgan fingerprint density at radius 3 is 2.10 bits per heavy atom. The highest BCUT2D eigenvalue weighted by molar-refractivity contribution is 9.10. The van der Waals surface area contributed by atoms with Gasteiger partial charge >= 0.3 is 5.97 Å². The summed E-state index contributed by atoms with van der Waals surface area (Å²) < 4.78 is 6.09. The zero-order chi connectivity index (χ0) is 27.6. The Morgan fingerprint density at radius 1 is 0.846 bits per heavy atom. The third-order valence-electron chi connectivity index (χ3n) is 5.70. The summed E-state index contributed by atoms with van der Waals surface area (Å²) in [4.78, 5) is 42.6. The fourth-order valence-electron chi connectivity index (χ4n) is 3.70. The van der Waals surface area contributed by atoms with Crippen LogP contribution in [0.1, 0.15) is 43.6 Å². The van der Waals surface area contributed by atoms with E-state index in [9.17, 15) is 19.6 Å². The summed E-state index contributed by atoms with van der Waals surface area (Å²) >= 11 is 3.27. The predicted molar refractivity (Wildman–Crippen MR) is 149 cm³/mol. The standard InChI is InChI=1S/C31H22BrN3O4/c32-28-13-7-12-26(34-28)18-25(19-33)30(37)35-27(21-8-3-1-4-9-21)20-39-31(38)24-16-14-23(15-17-24)29(36)22-10-5-2-6-11-22/h1-18,27H,20H2,(H,35,37)/b25-18+. The number of amides is 1. The minimum absolute atomic E-state index is 0.147. The molecule has 0 aliphatic heterocycles. The van der Waals surface area contributed by atoms with Crippen molar-refractivity contribution in [3.8, 4) is 6.07 Å². The van der Waals surface area contributed by atoms with Gasteiger partial charge in [-0.2, -0.15) is 5.26 Å². The van der Waals surface area contributed by atoms with Crippen LogP contribution >= 0.6 is 15.9 Å². The highest BCUT2D eigenvalue weighted by Crippen LogP contribution is 2.17. The number of halogens is 1. The summed E-state index contributed by atoms with van der Waals surface area (Å²) in [7, 11) is 0. The lowest BCUT2D eigenvalue weighted by Crippen LogP contribution is -2.33. The Kier molecular flexibility index (Phi) is 9.11. The number of aromatic nitrogens is 1. The zero-order valence-corrected chi connectivity index (χ0v) is 22.2. The molecular formula is C31H22BrN3O4. The van der Waals surface area contributed by atoms with Crippen LogP contribution in [0, 0.1) is 11.3 Å². The van der Waals surface area contributed by atoms with Crippen LogP contribution in [0.15, 0.2) is 113 Å². The molecule has 39 heavy (non-hydrogen) atoms. The predicted octanol–water partition coefficient (Wildman–Crippen LogP) is 5.70. The number of carbonyl (C=O) groups excluding carboxylic acids is 3. The molecule has 0 fully saturated rings. The Hall–Kier alpha value is -4.87. The molecule has 1 aromatic heterocycles. The molecule has 1 N–H and O–H groups in total. The average molecular weight is 580 g/mol. The van der Waals surface area contributed by atoms with Gasteiger partial charge in [0, 0.05) is 11.1 Å². The van der Waals surface area contributed by atoms with Gasteiger partial charge in [-0.1, -0.05) is 78.9 Å². The highest BCUT2D eigenvalue weighted by Gasteiger charge is 2.20. The molecule has 4 rings (SSSR count). The SMILES string of the molecule is N#C/C(=C\c1cccc(Br)n1)C(=O)NC(COC(=O)c1ccc(C(=O)c2ccccc2)cc1)c1ccccc1. The summed E-state index contributed by atoms with van der Waals surface area (Å²) in [6, 6.07) is 30.4. The molecule has 0 saturated carbocycles. The Morgan fingerprint density at radius 2 is 1.46 bits per heavy atom. The van der Waals surface area contributed by atoms with E-state index in [-0.39, 0.29) is 23.5 Å². The van der Waals surface area contributed by atoms with E-state index in [1.807, 2.05) is 18.2 Å². The maximum Gasteiger partial charge on any atom is 0.338 e. The van der Waals surface area contributed by atoms with Crippen molar-refractivity contribution in [2.75, 3.05) is 6.61 Å². The molecule has 192 valence electrons. The van der Waals surface area contributed by atoms with Gasteiger partial charge in [-0.05, 0) is 51.8 Å². The number of rotatable bonds is 9. The van der Waals surface area contributed by atoms with Gasteiger partial charge in [0.1, 0.15) is 22.9 Å². The van der Waals surface area contributed by atoms with Gasteiger partial charge in [0.25, 0.3) is 5.91 Å². The Balaban J connectivity index is 1.46. The highest BCUT2D eigenvalue weighted by atomic mass is 79.9. The number of nitrogens with one attached hydrogen (secondary N) is 1. The Labute approximate surface area is 233 Å². The van der Waals surface area contributed by atoms with Crippen LogP contribution < -0.4 is 5.32 Å². The van der Waals surface area contributed by atoms with E-state index in [0.29, 0.717) is 27.0 Å². The minimum Gasteiger partial charge on any atom is -0.460 e. The van der Waals surface area contributed by atoms with Crippen molar-refractivity contribution >= 4 is 39.7 Å². The number of pyridine rings is 1. The fourth-order valence-corrected chi connectivity index (χ4v) is 4.06. The second-order valence-electron chi connectivity index (χ2n) is 8.36. The zero-order valence-electron chi connectivity index (χ0n) is 20.6. The number of nitriles is 1. The van der Waals surface area contributed by atoms with E-state index >= 15 is 0 Å².